The number of benzene rings is 1. The minimum absolute atomic E-state index is 0.0703. The van der Waals surface area contributed by atoms with Gasteiger partial charge in [0.15, 0.2) is 5.78 Å². The van der Waals surface area contributed by atoms with Crippen molar-refractivity contribution in [2.24, 2.45) is 0 Å². The lowest BCUT2D eigenvalue weighted by molar-refractivity contribution is -0.130. The molecule has 0 radical (unpaired) electrons. The van der Waals surface area contributed by atoms with Gasteiger partial charge in [-0.1, -0.05) is 23.7 Å². The standard InChI is InChI=1S/C15H10ClNO3/c1-7-2-4-11(16)9-6-10-12(18)5-3-8(15(19)20)14(10)17-13(7)9/h2-4,6H,5H2,1H3,(H,19,20). The fourth-order valence-electron chi connectivity index (χ4n) is 2.37. The first-order chi connectivity index (χ1) is 9.49. The van der Waals surface area contributed by atoms with E-state index in [1.54, 1.807) is 12.1 Å². The second-order valence-corrected chi connectivity index (χ2v) is 5.10. The molecule has 1 aliphatic carbocycles. The first kappa shape index (κ1) is 12.8. The van der Waals surface area contributed by atoms with Gasteiger partial charge < -0.3 is 5.11 Å². The molecule has 1 aromatic heterocycles. The predicted molar refractivity (Wildman–Crippen MR) is 76.1 cm³/mol. The number of aryl methyl sites for hydroxylation is 1. The maximum atomic E-state index is 12.0. The Hall–Kier alpha value is -2.20. The zero-order valence-corrected chi connectivity index (χ0v) is 11.4. The molecule has 0 fully saturated rings. The number of allylic oxidation sites excluding steroid dienone is 1. The van der Waals surface area contributed by atoms with Crippen molar-refractivity contribution in [2.75, 3.05) is 0 Å². The van der Waals surface area contributed by atoms with Crippen LogP contribution in [0.1, 0.15) is 28.0 Å². The van der Waals surface area contributed by atoms with Gasteiger partial charge in [-0.2, -0.15) is 0 Å². The van der Waals surface area contributed by atoms with E-state index in [9.17, 15) is 14.7 Å². The average molecular weight is 288 g/mol. The van der Waals surface area contributed by atoms with Gasteiger partial charge in [-0.25, -0.2) is 9.78 Å². The van der Waals surface area contributed by atoms with Gasteiger partial charge >= 0.3 is 5.97 Å². The van der Waals surface area contributed by atoms with Crippen LogP contribution in [0.4, 0.5) is 0 Å². The fourth-order valence-corrected chi connectivity index (χ4v) is 2.58. The first-order valence-corrected chi connectivity index (χ1v) is 6.43. The molecular formula is C15H10ClNO3. The molecule has 1 N–H and O–H groups in total. The number of aliphatic carboxylic acids is 1. The average Bonchev–Trinajstić information content (AvgIpc) is 2.42. The van der Waals surface area contributed by atoms with Gasteiger partial charge in [0, 0.05) is 17.4 Å². The lowest BCUT2D eigenvalue weighted by Crippen LogP contribution is -2.14. The third-order valence-electron chi connectivity index (χ3n) is 3.41. The van der Waals surface area contributed by atoms with Crippen molar-refractivity contribution in [2.45, 2.75) is 13.3 Å². The van der Waals surface area contributed by atoms with Crippen LogP contribution in [0.3, 0.4) is 0 Å². The number of carbonyl (C=O) groups excluding carboxylic acids is 1. The van der Waals surface area contributed by atoms with Crippen molar-refractivity contribution in [1.29, 1.82) is 0 Å². The zero-order valence-electron chi connectivity index (χ0n) is 10.6. The van der Waals surface area contributed by atoms with Crippen molar-refractivity contribution in [3.63, 3.8) is 0 Å². The van der Waals surface area contributed by atoms with Crippen LogP contribution >= 0.6 is 11.6 Å². The van der Waals surface area contributed by atoms with Crippen LogP contribution in [0.25, 0.3) is 16.5 Å². The van der Waals surface area contributed by atoms with Crippen LogP contribution in [0.5, 0.6) is 0 Å². The van der Waals surface area contributed by atoms with E-state index in [1.165, 1.54) is 6.08 Å². The molecule has 20 heavy (non-hydrogen) atoms. The quantitative estimate of drug-likeness (QED) is 0.874. The molecule has 0 bridgehead atoms. The van der Waals surface area contributed by atoms with Crippen molar-refractivity contribution < 1.29 is 14.7 Å². The summed E-state index contributed by atoms with van der Waals surface area (Å²) in [4.78, 5) is 27.6. The Labute approximate surface area is 119 Å². The van der Waals surface area contributed by atoms with E-state index in [0.717, 1.165) is 5.56 Å². The lowest BCUT2D eigenvalue weighted by Gasteiger charge is -2.15. The number of pyridine rings is 1. The van der Waals surface area contributed by atoms with Gasteiger partial charge in [-0.15, -0.1) is 0 Å². The Bertz CT molecular complexity index is 808. The number of halogens is 1. The van der Waals surface area contributed by atoms with E-state index >= 15 is 0 Å². The number of fused-ring (bicyclic) bond motifs is 2. The number of Topliss-reactive ketones (excluding diaryl/α,β-unsaturated/α-hetero) is 1. The Morgan fingerprint density at radius 2 is 2.15 bits per heavy atom. The summed E-state index contributed by atoms with van der Waals surface area (Å²) in [6.45, 7) is 1.87. The number of ketones is 1. The van der Waals surface area contributed by atoms with Gasteiger partial charge in [0.05, 0.1) is 21.8 Å². The van der Waals surface area contributed by atoms with Crippen molar-refractivity contribution in [3.8, 4) is 0 Å². The minimum Gasteiger partial charge on any atom is -0.478 e. The van der Waals surface area contributed by atoms with E-state index in [2.05, 4.69) is 4.98 Å². The molecule has 0 saturated carbocycles. The number of rotatable bonds is 1. The molecule has 0 spiro atoms. The van der Waals surface area contributed by atoms with Gasteiger partial charge in [0.25, 0.3) is 0 Å². The second-order valence-electron chi connectivity index (χ2n) is 4.70. The number of carbonyl (C=O) groups is 2. The Balaban J connectivity index is 2.41. The topological polar surface area (TPSA) is 67.3 Å². The number of hydrogen-bond donors (Lipinski definition) is 1. The third-order valence-corrected chi connectivity index (χ3v) is 3.74. The highest BCUT2D eigenvalue weighted by molar-refractivity contribution is 6.35. The van der Waals surface area contributed by atoms with Crippen LogP contribution in [0.2, 0.25) is 5.02 Å². The monoisotopic (exact) mass is 287 g/mol. The molecule has 0 unspecified atom stereocenters. The molecule has 1 aliphatic rings. The summed E-state index contributed by atoms with van der Waals surface area (Å²) in [5.41, 5.74) is 2.13. The van der Waals surface area contributed by atoms with E-state index in [1.807, 2.05) is 13.0 Å². The summed E-state index contributed by atoms with van der Waals surface area (Å²) in [5, 5.41) is 10.4. The third kappa shape index (κ3) is 1.80. The number of aromatic nitrogens is 1. The molecule has 0 saturated heterocycles. The maximum absolute atomic E-state index is 12.0. The number of carboxylic acids is 1. The highest BCUT2D eigenvalue weighted by Gasteiger charge is 2.26. The summed E-state index contributed by atoms with van der Waals surface area (Å²) >= 11 is 6.14. The van der Waals surface area contributed by atoms with E-state index in [4.69, 9.17) is 11.6 Å². The van der Waals surface area contributed by atoms with Gasteiger partial charge in [-0.05, 0) is 24.6 Å². The molecule has 0 aliphatic heterocycles. The van der Waals surface area contributed by atoms with Crippen molar-refractivity contribution in [1.82, 2.24) is 4.98 Å². The zero-order chi connectivity index (χ0) is 14.4. The first-order valence-electron chi connectivity index (χ1n) is 6.06. The normalized spacial score (nSPS) is 14.1. The van der Waals surface area contributed by atoms with Gasteiger partial charge in [0.2, 0.25) is 0 Å². The largest absolute Gasteiger partial charge is 0.478 e. The molecule has 0 atom stereocenters. The summed E-state index contributed by atoms with van der Waals surface area (Å²) in [7, 11) is 0. The molecule has 2 aromatic rings. The van der Waals surface area contributed by atoms with Crippen LogP contribution in [0, 0.1) is 6.92 Å². The molecule has 1 heterocycles. The molecule has 1 aromatic carbocycles. The Morgan fingerprint density at radius 3 is 2.85 bits per heavy atom. The Kier molecular flexibility index (Phi) is 2.83. The summed E-state index contributed by atoms with van der Waals surface area (Å²) < 4.78 is 0. The fraction of sp³-hybridized carbons (Fsp3) is 0.133. The maximum Gasteiger partial charge on any atom is 0.337 e. The SMILES string of the molecule is Cc1ccc(Cl)c2cc3c(nc12)C(C(=O)O)=CCC3=O. The highest BCUT2D eigenvalue weighted by Crippen LogP contribution is 2.32. The van der Waals surface area contributed by atoms with Crippen molar-refractivity contribution in [3.05, 3.63) is 46.1 Å². The molecule has 3 rings (SSSR count). The van der Waals surface area contributed by atoms with Crippen molar-refractivity contribution >= 4 is 39.8 Å². The van der Waals surface area contributed by atoms with Crippen LogP contribution in [-0.2, 0) is 4.79 Å². The molecular weight excluding hydrogens is 278 g/mol. The second kappa shape index (κ2) is 4.42. The minimum atomic E-state index is -1.08. The molecule has 100 valence electrons. The number of carboxylic acid groups (broad SMARTS) is 1. The highest BCUT2D eigenvalue weighted by atomic mass is 35.5. The Morgan fingerprint density at radius 1 is 1.40 bits per heavy atom. The number of hydrogen-bond acceptors (Lipinski definition) is 3. The number of nitrogens with zero attached hydrogens (tertiary/aromatic N) is 1. The van der Waals surface area contributed by atoms with E-state index in [0.29, 0.717) is 21.5 Å². The summed E-state index contributed by atoms with van der Waals surface area (Å²) in [6, 6.07) is 5.21. The van der Waals surface area contributed by atoms with E-state index < -0.39 is 5.97 Å². The molecule has 4 nitrogen and oxygen atoms in total. The van der Waals surface area contributed by atoms with Crippen LogP contribution in [0.15, 0.2) is 24.3 Å². The molecule has 0 amide bonds. The smallest absolute Gasteiger partial charge is 0.337 e. The van der Waals surface area contributed by atoms with Gasteiger partial charge in [-0.3, -0.25) is 4.79 Å². The lowest BCUT2D eigenvalue weighted by atomic mass is 9.92. The van der Waals surface area contributed by atoms with Crippen LogP contribution in [-0.4, -0.2) is 21.8 Å². The summed E-state index contributed by atoms with van der Waals surface area (Å²) in [5.74, 6) is -1.22. The van der Waals surface area contributed by atoms with Gasteiger partial charge in [0.1, 0.15) is 0 Å². The van der Waals surface area contributed by atoms with Crippen LogP contribution < -0.4 is 0 Å². The summed E-state index contributed by atoms with van der Waals surface area (Å²) in [6.07, 6.45) is 1.48. The van der Waals surface area contributed by atoms with E-state index in [-0.39, 0.29) is 23.5 Å². The predicted octanol–water partition coefficient (Wildman–Crippen LogP) is 3.25. The molecule has 5 heteroatoms.